The second-order valence-electron chi connectivity index (χ2n) is 3.77. The maximum absolute atomic E-state index is 9.12. The van der Waals surface area contributed by atoms with Gasteiger partial charge in [0.25, 0.3) is 0 Å². The van der Waals surface area contributed by atoms with E-state index in [1.165, 1.54) is 11.1 Å². The fourth-order valence-electron chi connectivity index (χ4n) is 1.75. The zero-order chi connectivity index (χ0) is 10.7. The summed E-state index contributed by atoms with van der Waals surface area (Å²) >= 11 is 0. The Morgan fingerprint density at radius 3 is 2.80 bits per heavy atom. The van der Waals surface area contributed by atoms with Crippen LogP contribution in [0.5, 0.6) is 0 Å². The molecule has 0 bridgehead atoms. The van der Waals surface area contributed by atoms with Gasteiger partial charge in [0.2, 0.25) is 0 Å². The molecule has 2 aromatic rings. The molecule has 1 heterocycles. The van der Waals surface area contributed by atoms with Crippen LogP contribution >= 0.6 is 0 Å². The molecule has 1 aromatic heterocycles. The molecular weight excluding hydrogens is 186 g/mol. The van der Waals surface area contributed by atoms with Crippen LogP contribution in [0.15, 0.2) is 42.6 Å². The number of aryl methyl sites for hydroxylation is 1. The van der Waals surface area contributed by atoms with Crippen LogP contribution in [0.1, 0.15) is 16.8 Å². The molecule has 0 radical (unpaired) electrons. The first kappa shape index (κ1) is 9.99. The van der Waals surface area contributed by atoms with Crippen molar-refractivity contribution in [1.82, 2.24) is 4.57 Å². The van der Waals surface area contributed by atoms with Crippen LogP contribution < -0.4 is 0 Å². The van der Waals surface area contributed by atoms with Crippen molar-refractivity contribution in [2.24, 2.45) is 0 Å². The lowest BCUT2D eigenvalue weighted by molar-refractivity contribution is 0.271. The molecule has 0 unspecified atom stereocenters. The van der Waals surface area contributed by atoms with Gasteiger partial charge >= 0.3 is 0 Å². The van der Waals surface area contributed by atoms with Gasteiger partial charge in [0.15, 0.2) is 0 Å². The van der Waals surface area contributed by atoms with Gasteiger partial charge in [0.1, 0.15) is 0 Å². The highest BCUT2D eigenvalue weighted by molar-refractivity contribution is 5.23. The number of aromatic nitrogens is 1. The van der Waals surface area contributed by atoms with E-state index in [1.54, 1.807) is 0 Å². The van der Waals surface area contributed by atoms with E-state index in [0.717, 1.165) is 12.2 Å². The average Bonchev–Trinajstić information content (AvgIpc) is 2.65. The third-order valence-electron chi connectivity index (χ3n) is 2.52. The molecule has 0 saturated heterocycles. The van der Waals surface area contributed by atoms with Crippen LogP contribution in [0, 0.1) is 6.92 Å². The third-order valence-corrected chi connectivity index (χ3v) is 2.52. The van der Waals surface area contributed by atoms with Gasteiger partial charge in [-0.05, 0) is 24.6 Å². The monoisotopic (exact) mass is 201 g/mol. The molecule has 1 aromatic carbocycles. The van der Waals surface area contributed by atoms with E-state index in [4.69, 9.17) is 5.11 Å². The molecule has 0 fully saturated rings. The van der Waals surface area contributed by atoms with Crippen molar-refractivity contribution in [1.29, 1.82) is 0 Å². The summed E-state index contributed by atoms with van der Waals surface area (Å²) in [4.78, 5) is 0. The van der Waals surface area contributed by atoms with E-state index in [2.05, 4.69) is 35.8 Å². The van der Waals surface area contributed by atoms with E-state index in [0.29, 0.717) is 0 Å². The topological polar surface area (TPSA) is 25.2 Å². The normalized spacial score (nSPS) is 10.5. The number of aliphatic hydroxyl groups is 1. The molecule has 2 nitrogen and oxygen atoms in total. The van der Waals surface area contributed by atoms with Gasteiger partial charge in [0.05, 0.1) is 6.61 Å². The first-order valence-corrected chi connectivity index (χ1v) is 5.10. The highest BCUT2D eigenvalue weighted by Crippen LogP contribution is 2.09. The maximum Gasteiger partial charge on any atom is 0.0832 e. The third kappa shape index (κ3) is 2.28. The van der Waals surface area contributed by atoms with E-state index >= 15 is 0 Å². The first-order chi connectivity index (χ1) is 7.29. The van der Waals surface area contributed by atoms with Crippen LogP contribution in [-0.4, -0.2) is 9.67 Å². The van der Waals surface area contributed by atoms with Gasteiger partial charge in [-0.2, -0.15) is 0 Å². The minimum atomic E-state index is 0.0960. The van der Waals surface area contributed by atoms with Crippen molar-refractivity contribution < 1.29 is 5.11 Å². The summed E-state index contributed by atoms with van der Waals surface area (Å²) < 4.78 is 2.06. The Kier molecular flexibility index (Phi) is 2.88. The number of aliphatic hydroxyl groups excluding tert-OH is 1. The van der Waals surface area contributed by atoms with E-state index in [9.17, 15) is 0 Å². The van der Waals surface area contributed by atoms with Gasteiger partial charge in [-0.25, -0.2) is 0 Å². The Hall–Kier alpha value is -1.54. The molecule has 0 aliphatic rings. The summed E-state index contributed by atoms with van der Waals surface area (Å²) in [6.07, 6.45) is 1.99. The lowest BCUT2D eigenvalue weighted by atomic mass is 10.1. The number of hydrogen-bond donors (Lipinski definition) is 1. The average molecular weight is 201 g/mol. The maximum atomic E-state index is 9.12. The summed E-state index contributed by atoms with van der Waals surface area (Å²) in [5.74, 6) is 0. The summed E-state index contributed by atoms with van der Waals surface area (Å²) in [6, 6.07) is 12.3. The summed E-state index contributed by atoms with van der Waals surface area (Å²) in [7, 11) is 0. The zero-order valence-corrected chi connectivity index (χ0v) is 8.85. The van der Waals surface area contributed by atoms with Crippen LogP contribution in [-0.2, 0) is 13.2 Å². The van der Waals surface area contributed by atoms with Crippen LogP contribution in [0.4, 0.5) is 0 Å². The lowest BCUT2D eigenvalue weighted by Crippen LogP contribution is -2.02. The molecule has 0 spiro atoms. The van der Waals surface area contributed by atoms with Gasteiger partial charge in [-0.3, -0.25) is 0 Å². The number of hydrogen-bond acceptors (Lipinski definition) is 1. The molecule has 2 heteroatoms. The summed E-state index contributed by atoms with van der Waals surface area (Å²) in [5.41, 5.74) is 3.49. The highest BCUT2D eigenvalue weighted by atomic mass is 16.3. The van der Waals surface area contributed by atoms with Crippen molar-refractivity contribution in [3.8, 4) is 0 Å². The van der Waals surface area contributed by atoms with Crippen LogP contribution in [0.3, 0.4) is 0 Å². The molecule has 0 aliphatic carbocycles. The largest absolute Gasteiger partial charge is 0.390 e. The fourth-order valence-corrected chi connectivity index (χ4v) is 1.75. The van der Waals surface area contributed by atoms with Crippen molar-refractivity contribution in [3.63, 3.8) is 0 Å². The second-order valence-corrected chi connectivity index (χ2v) is 3.77. The van der Waals surface area contributed by atoms with Gasteiger partial charge in [-0.1, -0.05) is 29.8 Å². The standard InChI is InChI=1S/C13H15NO/c1-11-4-2-5-12(8-11)9-14-7-3-6-13(14)10-15/h2-8,15H,9-10H2,1H3. The Bertz CT molecular complexity index is 445. The Morgan fingerprint density at radius 2 is 2.07 bits per heavy atom. The molecule has 0 amide bonds. The molecule has 1 N–H and O–H groups in total. The summed E-state index contributed by atoms with van der Waals surface area (Å²) in [6.45, 7) is 3.01. The van der Waals surface area contributed by atoms with Gasteiger partial charge in [-0.15, -0.1) is 0 Å². The number of rotatable bonds is 3. The molecule has 0 atom stereocenters. The molecular formula is C13H15NO. The quantitative estimate of drug-likeness (QED) is 0.810. The minimum Gasteiger partial charge on any atom is -0.390 e. The summed E-state index contributed by atoms with van der Waals surface area (Å²) in [5, 5.41) is 9.12. The van der Waals surface area contributed by atoms with Crippen LogP contribution in [0.25, 0.3) is 0 Å². The van der Waals surface area contributed by atoms with Crippen molar-refractivity contribution in [3.05, 3.63) is 59.4 Å². The molecule has 78 valence electrons. The van der Waals surface area contributed by atoms with E-state index in [-0.39, 0.29) is 6.61 Å². The highest BCUT2D eigenvalue weighted by Gasteiger charge is 2.00. The van der Waals surface area contributed by atoms with Crippen LogP contribution in [0.2, 0.25) is 0 Å². The number of nitrogens with zero attached hydrogens (tertiary/aromatic N) is 1. The van der Waals surface area contributed by atoms with Gasteiger partial charge < -0.3 is 9.67 Å². The lowest BCUT2D eigenvalue weighted by Gasteiger charge is -2.07. The zero-order valence-electron chi connectivity index (χ0n) is 8.85. The van der Waals surface area contributed by atoms with E-state index < -0.39 is 0 Å². The first-order valence-electron chi connectivity index (χ1n) is 5.10. The number of benzene rings is 1. The van der Waals surface area contributed by atoms with Gasteiger partial charge in [0, 0.05) is 18.4 Å². The molecule has 15 heavy (non-hydrogen) atoms. The smallest absolute Gasteiger partial charge is 0.0832 e. The molecule has 2 rings (SSSR count). The molecule has 0 saturated carbocycles. The molecule has 0 aliphatic heterocycles. The second kappa shape index (κ2) is 4.32. The van der Waals surface area contributed by atoms with Crippen molar-refractivity contribution in [2.45, 2.75) is 20.1 Å². The Balaban J connectivity index is 2.22. The Morgan fingerprint density at radius 1 is 1.20 bits per heavy atom. The van der Waals surface area contributed by atoms with E-state index in [1.807, 2.05) is 18.3 Å². The fraction of sp³-hybridized carbons (Fsp3) is 0.231. The van der Waals surface area contributed by atoms with Crippen molar-refractivity contribution in [2.75, 3.05) is 0 Å². The minimum absolute atomic E-state index is 0.0960. The predicted molar refractivity (Wildman–Crippen MR) is 60.6 cm³/mol. The Labute approximate surface area is 89.8 Å². The SMILES string of the molecule is Cc1cccc(Cn2cccc2CO)c1. The van der Waals surface area contributed by atoms with Crippen molar-refractivity contribution >= 4 is 0 Å². The predicted octanol–water partition coefficient (Wildman–Crippen LogP) is 2.34.